The first kappa shape index (κ1) is 20.0. The molecule has 2 aliphatic rings. The van der Waals surface area contributed by atoms with Crippen molar-refractivity contribution in [3.8, 4) is 0 Å². The summed E-state index contributed by atoms with van der Waals surface area (Å²) < 4.78 is 4.90. The van der Waals surface area contributed by atoms with Crippen molar-refractivity contribution in [1.29, 1.82) is 0 Å². The predicted molar refractivity (Wildman–Crippen MR) is 122 cm³/mol. The van der Waals surface area contributed by atoms with Crippen LogP contribution in [0.5, 0.6) is 0 Å². The van der Waals surface area contributed by atoms with Crippen molar-refractivity contribution in [3.05, 3.63) is 83.1 Å². The average molecular weight is 402 g/mol. The molecule has 5 heteroatoms. The molecule has 0 amide bonds. The first-order valence-corrected chi connectivity index (χ1v) is 10.1. The minimum Gasteiger partial charge on any atom is -0.465 e. The Morgan fingerprint density at radius 3 is 2.57 bits per heavy atom. The highest BCUT2D eigenvalue weighted by molar-refractivity contribution is 6.02. The molecule has 0 saturated heterocycles. The molecule has 4 rings (SSSR count). The number of carbonyl (C=O) groups excluding carboxylic acids is 1. The van der Waals surface area contributed by atoms with Crippen LogP contribution in [-0.4, -0.2) is 32.4 Å². The standard InChI is InChI=1S/C25H27N3O2/c1-17-19(16-28(26-17)20-9-7-6-8-10-20)12-14-23-25(2,3)21-15-18(24(29)30-5)11-13-22(21)27(23)4/h6-15H,16H2,1-5H3/b19-12-,23-14-. The lowest BCUT2D eigenvalue weighted by molar-refractivity contribution is 0.0600. The largest absolute Gasteiger partial charge is 0.465 e. The molecule has 2 aromatic carbocycles. The van der Waals surface area contributed by atoms with E-state index in [0.29, 0.717) is 5.56 Å². The molecule has 0 aromatic heterocycles. The minimum atomic E-state index is -0.311. The smallest absolute Gasteiger partial charge is 0.337 e. The Bertz CT molecular complexity index is 1080. The van der Waals surface area contributed by atoms with Crippen LogP contribution >= 0.6 is 0 Å². The van der Waals surface area contributed by atoms with E-state index in [-0.39, 0.29) is 11.4 Å². The van der Waals surface area contributed by atoms with Crippen LogP contribution in [0.25, 0.3) is 0 Å². The number of carbonyl (C=O) groups is 1. The number of methoxy groups -OCH3 is 1. The number of allylic oxidation sites excluding steroid dienone is 3. The van der Waals surface area contributed by atoms with Crippen LogP contribution in [0.1, 0.15) is 36.7 Å². The second-order valence-corrected chi connectivity index (χ2v) is 8.23. The monoisotopic (exact) mass is 401 g/mol. The number of hydrazone groups is 1. The Morgan fingerprint density at radius 2 is 1.87 bits per heavy atom. The van der Waals surface area contributed by atoms with Crippen molar-refractivity contribution in [2.24, 2.45) is 5.10 Å². The highest BCUT2D eigenvalue weighted by atomic mass is 16.5. The van der Waals surface area contributed by atoms with E-state index in [2.05, 4.69) is 50.1 Å². The summed E-state index contributed by atoms with van der Waals surface area (Å²) in [6.07, 6.45) is 4.35. The topological polar surface area (TPSA) is 45.1 Å². The lowest BCUT2D eigenvalue weighted by atomic mass is 9.83. The highest BCUT2D eigenvalue weighted by Crippen LogP contribution is 2.47. The minimum absolute atomic E-state index is 0.228. The lowest BCUT2D eigenvalue weighted by Gasteiger charge is -2.24. The number of esters is 1. The van der Waals surface area contributed by atoms with Crippen molar-refractivity contribution in [1.82, 2.24) is 0 Å². The number of benzene rings is 2. The first-order chi connectivity index (χ1) is 14.3. The molecule has 0 radical (unpaired) electrons. The number of rotatable bonds is 3. The third-order valence-electron chi connectivity index (χ3n) is 6.01. The van der Waals surface area contributed by atoms with Gasteiger partial charge in [-0.15, -0.1) is 0 Å². The lowest BCUT2D eigenvalue weighted by Crippen LogP contribution is -2.22. The molecule has 0 unspecified atom stereocenters. The molecule has 0 spiro atoms. The van der Waals surface area contributed by atoms with Crippen LogP contribution in [0, 0.1) is 0 Å². The third kappa shape index (κ3) is 3.30. The zero-order valence-corrected chi connectivity index (χ0v) is 18.1. The SMILES string of the molecule is COC(=O)c1ccc2c(c1)C(C)(C)/C(=C/C=C1/CN(c3ccccc3)N=C1C)N2C. The second kappa shape index (κ2) is 7.48. The maximum Gasteiger partial charge on any atom is 0.337 e. The van der Waals surface area contributed by atoms with Crippen LogP contribution in [0.4, 0.5) is 11.4 Å². The molecule has 0 atom stereocenters. The molecule has 0 aliphatic carbocycles. The Balaban J connectivity index is 1.64. The molecule has 2 aliphatic heterocycles. The fourth-order valence-electron chi connectivity index (χ4n) is 4.24. The van der Waals surface area contributed by atoms with Crippen molar-refractivity contribution in [2.45, 2.75) is 26.2 Å². The number of fused-ring (bicyclic) bond motifs is 1. The van der Waals surface area contributed by atoms with E-state index in [1.165, 1.54) is 18.4 Å². The van der Waals surface area contributed by atoms with Gasteiger partial charge in [-0.25, -0.2) is 4.79 Å². The van der Waals surface area contributed by atoms with Crippen molar-refractivity contribution >= 4 is 23.1 Å². The summed E-state index contributed by atoms with van der Waals surface area (Å²) in [7, 11) is 3.48. The fourth-order valence-corrected chi connectivity index (χ4v) is 4.24. The van der Waals surface area contributed by atoms with Crippen molar-refractivity contribution in [2.75, 3.05) is 30.6 Å². The number of likely N-dealkylation sites (N-methyl/N-ethyl adjacent to an activating group) is 1. The van der Waals surface area contributed by atoms with Gasteiger partial charge in [0.25, 0.3) is 0 Å². The summed E-state index contributed by atoms with van der Waals surface area (Å²) in [5.74, 6) is -0.311. The van der Waals surface area contributed by atoms with Gasteiger partial charge in [0, 0.05) is 23.8 Å². The molecule has 5 nitrogen and oxygen atoms in total. The van der Waals surface area contributed by atoms with Gasteiger partial charge in [0.05, 0.1) is 30.6 Å². The van der Waals surface area contributed by atoms with E-state index in [9.17, 15) is 4.79 Å². The zero-order chi connectivity index (χ0) is 21.5. The van der Waals surface area contributed by atoms with Crippen molar-refractivity contribution in [3.63, 3.8) is 0 Å². The Kier molecular flexibility index (Phi) is 4.98. The zero-order valence-electron chi connectivity index (χ0n) is 18.1. The number of hydrogen-bond donors (Lipinski definition) is 0. The Labute approximate surface area is 178 Å². The highest BCUT2D eigenvalue weighted by Gasteiger charge is 2.38. The van der Waals surface area contributed by atoms with Crippen LogP contribution in [0.3, 0.4) is 0 Å². The number of nitrogens with zero attached hydrogens (tertiary/aromatic N) is 3. The number of hydrogen-bond acceptors (Lipinski definition) is 5. The Morgan fingerprint density at radius 1 is 1.13 bits per heavy atom. The summed E-state index contributed by atoms with van der Waals surface area (Å²) in [6.45, 7) is 7.18. The number of anilines is 2. The normalized spacial score (nSPS) is 20.0. The van der Waals surface area contributed by atoms with Crippen LogP contribution in [0.15, 0.2) is 77.1 Å². The molecule has 0 saturated carbocycles. The van der Waals surface area contributed by atoms with Crippen LogP contribution in [0.2, 0.25) is 0 Å². The van der Waals surface area contributed by atoms with Crippen LogP contribution in [-0.2, 0) is 10.2 Å². The summed E-state index contributed by atoms with van der Waals surface area (Å²) in [6, 6.07) is 16.0. The molecule has 0 fully saturated rings. The van der Waals surface area contributed by atoms with E-state index in [1.807, 2.05) is 48.3 Å². The summed E-state index contributed by atoms with van der Waals surface area (Å²) in [5, 5.41) is 6.74. The predicted octanol–water partition coefficient (Wildman–Crippen LogP) is 4.91. The molecule has 30 heavy (non-hydrogen) atoms. The van der Waals surface area contributed by atoms with Gasteiger partial charge in [-0.2, -0.15) is 5.10 Å². The van der Waals surface area contributed by atoms with Gasteiger partial charge in [-0.3, -0.25) is 5.01 Å². The summed E-state index contributed by atoms with van der Waals surface area (Å²) in [4.78, 5) is 14.2. The van der Waals surface area contributed by atoms with Gasteiger partial charge in [0.1, 0.15) is 0 Å². The third-order valence-corrected chi connectivity index (χ3v) is 6.01. The van der Waals surface area contributed by atoms with Gasteiger partial charge in [-0.1, -0.05) is 38.1 Å². The van der Waals surface area contributed by atoms with E-state index < -0.39 is 0 Å². The van der Waals surface area contributed by atoms with E-state index in [4.69, 9.17) is 9.84 Å². The molecule has 0 N–H and O–H groups in total. The molecule has 0 bridgehead atoms. The maximum absolute atomic E-state index is 12.0. The number of para-hydroxylation sites is 1. The second-order valence-electron chi connectivity index (χ2n) is 8.23. The van der Waals surface area contributed by atoms with E-state index >= 15 is 0 Å². The van der Waals surface area contributed by atoms with E-state index in [1.54, 1.807) is 0 Å². The molecule has 154 valence electrons. The Hall–Kier alpha value is -3.34. The van der Waals surface area contributed by atoms with Gasteiger partial charge in [0.2, 0.25) is 0 Å². The summed E-state index contributed by atoms with van der Waals surface area (Å²) >= 11 is 0. The molecular weight excluding hydrogens is 374 g/mol. The maximum atomic E-state index is 12.0. The molecule has 2 aromatic rings. The van der Waals surface area contributed by atoms with E-state index in [0.717, 1.165) is 29.2 Å². The van der Waals surface area contributed by atoms with Gasteiger partial charge in [-0.05, 0) is 54.5 Å². The molecule has 2 heterocycles. The molecular formula is C25H27N3O2. The first-order valence-electron chi connectivity index (χ1n) is 10.1. The van der Waals surface area contributed by atoms with Gasteiger partial charge < -0.3 is 9.64 Å². The number of ether oxygens (including phenoxy) is 1. The van der Waals surface area contributed by atoms with Crippen LogP contribution < -0.4 is 9.91 Å². The average Bonchev–Trinajstić information content (AvgIpc) is 3.21. The summed E-state index contributed by atoms with van der Waals surface area (Å²) in [5.41, 5.74) is 7.08. The van der Waals surface area contributed by atoms with Gasteiger partial charge in [0.15, 0.2) is 0 Å². The quantitative estimate of drug-likeness (QED) is 0.686. The fraction of sp³-hybridized carbons (Fsp3) is 0.280. The van der Waals surface area contributed by atoms with Gasteiger partial charge >= 0.3 is 5.97 Å². The van der Waals surface area contributed by atoms with Crippen molar-refractivity contribution < 1.29 is 9.53 Å².